The van der Waals surface area contributed by atoms with E-state index in [9.17, 15) is 8.42 Å². The van der Waals surface area contributed by atoms with Gasteiger partial charge in [0.2, 0.25) is 10.0 Å². The number of hydrogen-bond acceptors (Lipinski definition) is 5. The number of nitrogens with zero attached hydrogens (tertiary/aromatic N) is 1. The van der Waals surface area contributed by atoms with Gasteiger partial charge >= 0.3 is 0 Å². The molecular formula is C13H20N2O4S. The Morgan fingerprint density at radius 1 is 1.05 bits per heavy atom. The molecule has 2 rings (SSSR count). The summed E-state index contributed by atoms with van der Waals surface area (Å²) < 4.78 is 37.1. The van der Waals surface area contributed by atoms with E-state index in [1.54, 1.807) is 0 Å². The first kappa shape index (κ1) is 14.9. The van der Waals surface area contributed by atoms with E-state index < -0.39 is 10.0 Å². The van der Waals surface area contributed by atoms with E-state index >= 15 is 0 Å². The van der Waals surface area contributed by atoms with Gasteiger partial charge < -0.3 is 15.2 Å². The van der Waals surface area contributed by atoms with Crippen LogP contribution in [0.5, 0.6) is 11.5 Å². The Bertz CT molecular complexity index is 580. The van der Waals surface area contributed by atoms with Crippen molar-refractivity contribution < 1.29 is 17.9 Å². The normalized spacial score (nSPS) is 16.9. The second kappa shape index (κ2) is 5.88. The van der Waals surface area contributed by atoms with Gasteiger partial charge in [0.15, 0.2) is 0 Å². The van der Waals surface area contributed by atoms with Crippen LogP contribution >= 0.6 is 0 Å². The van der Waals surface area contributed by atoms with Gasteiger partial charge in [0, 0.05) is 19.2 Å². The highest BCUT2D eigenvalue weighted by atomic mass is 32.2. The van der Waals surface area contributed by atoms with Crippen LogP contribution in [0.15, 0.2) is 17.0 Å². The maximum atomic E-state index is 12.7. The minimum Gasteiger partial charge on any atom is -0.495 e. The van der Waals surface area contributed by atoms with Crippen LogP contribution in [-0.4, -0.2) is 40.0 Å². The summed E-state index contributed by atoms with van der Waals surface area (Å²) in [5.41, 5.74) is 6.10. The number of sulfonamides is 1. The summed E-state index contributed by atoms with van der Waals surface area (Å²) in [5, 5.41) is 0. The molecule has 1 aliphatic heterocycles. The Hall–Kier alpha value is -1.47. The number of nitrogens with two attached hydrogens (primary N) is 1. The van der Waals surface area contributed by atoms with Crippen LogP contribution in [0, 0.1) is 0 Å². The highest BCUT2D eigenvalue weighted by molar-refractivity contribution is 7.89. The molecule has 0 amide bonds. The molecule has 1 heterocycles. The van der Waals surface area contributed by atoms with Crippen molar-refractivity contribution in [3.8, 4) is 11.5 Å². The molecule has 0 bridgehead atoms. The van der Waals surface area contributed by atoms with E-state index in [0.717, 1.165) is 19.3 Å². The standard InChI is InChI=1S/C13H20N2O4S/c1-18-11-9-12(19-2)13(8-10(11)14)20(16,17)15-6-4-3-5-7-15/h8-9H,3-7,14H2,1-2H3. The average Bonchev–Trinajstić information content (AvgIpc) is 2.47. The number of benzene rings is 1. The van der Waals surface area contributed by atoms with Crippen molar-refractivity contribution in [2.24, 2.45) is 0 Å². The number of anilines is 1. The summed E-state index contributed by atoms with van der Waals surface area (Å²) in [7, 11) is -0.673. The fourth-order valence-corrected chi connectivity index (χ4v) is 4.03. The molecule has 0 aliphatic carbocycles. The molecule has 0 unspecified atom stereocenters. The van der Waals surface area contributed by atoms with Gasteiger partial charge in [0.05, 0.1) is 19.9 Å². The fraction of sp³-hybridized carbons (Fsp3) is 0.538. The quantitative estimate of drug-likeness (QED) is 0.851. The van der Waals surface area contributed by atoms with E-state index in [1.807, 2.05) is 0 Å². The van der Waals surface area contributed by atoms with Crippen LogP contribution in [0.1, 0.15) is 19.3 Å². The van der Waals surface area contributed by atoms with Gasteiger partial charge in [0.1, 0.15) is 16.4 Å². The molecule has 1 saturated heterocycles. The molecule has 0 aromatic heterocycles. The van der Waals surface area contributed by atoms with Crippen LogP contribution in [0.25, 0.3) is 0 Å². The Labute approximate surface area is 119 Å². The molecule has 1 aromatic carbocycles. The van der Waals surface area contributed by atoms with Crippen LogP contribution in [0.2, 0.25) is 0 Å². The molecule has 0 spiro atoms. The first-order chi connectivity index (χ1) is 9.50. The largest absolute Gasteiger partial charge is 0.495 e. The van der Waals surface area contributed by atoms with Crippen molar-refractivity contribution in [2.75, 3.05) is 33.0 Å². The summed E-state index contributed by atoms with van der Waals surface area (Å²) in [6.07, 6.45) is 2.83. The summed E-state index contributed by atoms with van der Waals surface area (Å²) in [4.78, 5) is 0.0974. The lowest BCUT2D eigenvalue weighted by Gasteiger charge is -2.26. The molecule has 2 N–H and O–H groups in total. The number of rotatable bonds is 4. The zero-order chi connectivity index (χ0) is 14.8. The van der Waals surface area contributed by atoms with E-state index in [-0.39, 0.29) is 16.3 Å². The third-order valence-corrected chi connectivity index (χ3v) is 5.37. The van der Waals surface area contributed by atoms with E-state index in [0.29, 0.717) is 18.8 Å². The van der Waals surface area contributed by atoms with E-state index in [1.165, 1.54) is 30.7 Å². The molecule has 0 saturated carbocycles. The van der Waals surface area contributed by atoms with Gasteiger partial charge in [-0.05, 0) is 18.9 Å². The summed E-state index contributed by atoms with van der Waals surface area (Å²) >= 11 is 0. The second-order valence-corrected chi connectivity index (χ2v) is 6.62. The smallest absolute Gasteiger partial charge is 0.246 e. The topological polar surface area (TPSA) is 81.9 Å². The molecule has 1 aliphatic rings. The number of piperidine rings is 1. The molecule has 1 fully saturated rings. The lowest BCUT2D eigenvalue weighted by molar-refractivity contribution is 0.342. The lowest BCUT2D eigenvalue weighted by Crippen LogP contribution is -2.35. The molecule has 1 aromatic rings. The third kappa shape index (κ3) is 2.69. The Kier molecular flexibility index (Phi) is 4.39. The van der Waals surface area contributed by atoms with Gasteiger partial charge in [-0.1, -0.05) is 6.42 Å². The van der Waals surface area contributed by atoms with Gasteiger partial charge in [0.25, 0.3) is 0 Å². The predicted octanol–water partition coefficient (Wildman–Crippen LogP) is 1.46. The molecular weight excluding hydrogens is 280 g/mol. The first-order valence-corrected chi connectivity index (χ1v) is 7.96. The van der Waals surface area contributed by atoms with Crippen molar-refractivity contribution in [1.29, 1.82) is 0 Å². The van der Waals surface area contributed by atoms with Crippen molar-refractivity contribution >= 4 is 15.7 Å². The highest BCUT2D eigenvalue weighted by Gasteiger charge is 2.29. The van der Waals surface area contributed by atoms with Gasteiger partial charge in [-0.15, -0.1) is 0 Å². The van der Waals surface area contributed by atoms with Crippen LogP contribution in [0.3, 0.4) is 0 Å². The Balaban J connectivity index is 2.47. The third-order valence-electron chi connectivity index (χ3n) is 3.45. The molecule has 7 heteroatoms. The van der Waals surface area contributed by atoms with Crippen molar-refractivity contribution in [2.45, 2.75) is 24.2 Å². The number of hydrogen-bond donors (Lipinski definition) is 1. The van der Waals surface area contributed by atoms with E-state index in [4.69, 9.17) is 15.2 Å². The zero-order valence-corrected chi connectivity index (χ0v) is 12.6. The second-order valence-electron chi connectivity index (χ2n) is 4.71. The monoisotopic (exact) mass is 300 g/mol. The maximum Gasteiger partial charge on any atom is 0.246 e. The van der Waals surface area contributed by atoms with Crippen molar-refractivity contribution in [3.05, 3.63) is 12.1 Å². The molecule has 0 atom stereocenters. The fourth-order valence-electron chi connectivity index (χ4n) is 2.34. The SMILES string of the molecule is COc1cc(OC)c(S(=O)(=O)N2CCCCC2)cc1N. The van der Waals surface area contributed by atoms with Gasteiger partial charge in [-0.25, -0.2) is 8.42 Å². The molecule has 0 radical (unpaired) electrons. The Morgan fingerprint density at radius 3 is 2.20 bits per heavy atom. The summed E-state index contributed by atoms with van der Waals surface area (Å²) in [6, 6.07) is 2.91. The predicted molar refractivity (Wildman–Crippen MR) is 76.6 cm³/mol. The van der Waals surface area contributed by atoms with E-state index in [2.05, 4.69) is 0 Å². The summed E-state index contributed by atoms with van der Waals surface area (Å²) in [5.74, 6) is 0.654. The lowest BCUT2D eigenvalue weighted by atomic mass is 10.2. The Morgan fingerprint density at radius 2 is 1.65 bits per heavy atom. The van der Waals surface area contributed by atoms with Crippen molar-refractivity contribution in [1.82, 2.24) is 4.31 Å². The van der Waals surface area contributed by atoms with Crippen LogP contribution < -0.4 is 15.2 Å². The van der Waals surface area contributed by atoms with Crippen molar-refractivity contribution in [3.63, 3.8) is 0 Å². The zero-order valence-electron chi connectivity index (χ0n) is 11.8. The van der Waals surface area contributed by atoms with Crippen LogP contribution in [-0.2, 0) is 10.0 Å². The minimum atomic E-state index is -3.58. The van der Waals surface area contributed by atoms with Gasteiger partial charge in [-0.3, -0.25) is 0 Å². The number of ether oxygens (including phenoxy) is 2. The highest BCUT2D eigenvalue weighted by Crippen LogP contribution is 2.35. The maximum absolute atomic E-state index is 12.7. The number of methoxy groups -OCH3 is 2. The first-order valence-electron chi connectivity index (χ1n) is 6.52. The minimum absolute atomic E-state index is 0.0974. The average molecular weight is 300 g/mol. The molecule has 112 valence electrons. The summed E-state index contributed by atoms with van der Waals surface area (Å²) in [6.45, 7) is 1.08. The molecule has 6 nitrogen and oxygen atoms in total. The van der Waals surface area contributed by atoms with Gasteiger partial charge in [-0.2, -0.15) is 4.31 Å². The molecule has 20 heavy (non-hydrogen) atoms. The van der Waals surface area contributed by atoms with Crippen LogP contribution in [0.4, 0.5) is 5.69 Å². The number of nitrogen functional groups attached to an aromatic ring is 1.